The maximum atomic E-state index is 9.66. The first kappa shape index (κ1) is 6.63. The zero-order chi connectivity index (χ0) is 5.70. The van der Waals surface area contributed by atoms with Crippen LogP contribution < -0.4 is 0 Å². The van der Waals surface area contributed by atoms with Crippen LogP contribution in [0.1, 0.15) is 6.42 Å². The number of aliphatic hydroxyl groups is 1. The van der Waals surface area contributed by atoms with Crippen LogP contribution in [0.4, 0.5) is 0 Å². The molecule has 0 aromatic heterocycles. The van der Waals surface area contributed by atoms with Crippen LogP contribution in [0.15, 0.2) is 0 Å². The van der Waals surface area contributed by atoms with Gasteiger partial charge in [0.1, 0.15) is 6.29 Å². The molecule has 0 saturated carbocycles. The standard InChI is InChI=1S/C5H8O2/c1-5(4-7)2-3-6/h1,4-6H,2-3H2/t5-/m0/s1. The highest BCUT2D eigenvalue weighted by Crippen LogP contribution is 1.92. The molecule has 1 N–H and O–H groups in total. The number of hydrogen-bond acceptors (Lipinski definition) is 2. The van der Waals surface area contributed by atoms with Gasteiger partial charge in [-0.25, -0.2) is 0 Å². The highest BCUT2D eigenvalue weighted by Gasteiger charge is 1.94. The van der Waals surface area contributed by atoms with E-state index < -0.39 is 5.92 Å². The topological polar surface area (TPSA) is 37.3 Å². The fourth-order valence-electron chi connectivity index (χ4n) is 0.217. The summed E-state index contributed by atoms with van der Waals surface area (Å²) in [4.78, 5) is 9.66. The number of carbonyl (C=O) groups is 1. The number of hydrogen-bond donors (Lipinski definition) is 1. The average Bonchev–Trinajstić information content (AvgIpc) is 1.68. The van der Waals surface area contributed by atoms with Crippen molar-refractivity contribution >= 4 is 6.29 Å². The zero-order valence-corrected chi connectivity index (χ0v) is 4.00. The van der Waals surface area contributed by atoms with Gasteiger partial charge in [-0.2, -0.15) is 0 Å². The summed E-state index contributed by atoms with van der Waals surface area (Å²) >= 11 is 0. The predicted octanol–water partition coefficient (Wildman–Crippen LogP) is -0.105. The summed E-state index contributed by atoms with van der Waals surface area (Å²) in [5, 5.41) is 8.13. The van der Waals surface area contributed by atoms with E-state index in [0.29, 0.717) is 12.7 Å². The van der Waals surface area contributed by atoms with E-state index in [0.717, 1.165) is 0 Å². The molecule has 2 radical (unpaired) electrons. The maximum Gasteiger partial charge on any atom is 0.123 e. The Kier molecular flexibility index (Phi) is 3.61. The number of aliphatic hydroxyl groups excluding tert-OH is 1. The monoisotopic (exact) mass is 100 g/mol. The minimum Gasteiger partial charge on any atom is -0.396 e. The van der Waals surface area contributed by atoms with Gasteiger partial charge in [-0.1, -0.05) is 0 Å². The lowest BCUT2D eigenvalue weighted by Crippen LogP contribution is -1.97. The maximum absolute atomic E-state index is 9.66. The first-order chi connectivity index (χ1) is 3.31. The third-order valence-corrected chi connectivity index (χ3v) is 0.637. The predicted molar refractivity (Wildman–Crippen MR) is 25.6 cm³/mol. The van der Waals surface area contributed by atoms with Crippen molar-refractivity contribution in [1.29, 1.82) is 0 Å². The zero-order valence-electron chi connectivity index (χ0n) is 4.00. The molecule has 0 aromatic rings. The number of rotatable bonds is 3. The largest absolute Gasteiger partial charge is 0.396 e. The molecular formula is C5H8O2. The van der Waals surface area contributed by atoms with E-state index in [2.05, 4.69) is 0 Å². The fourth-order valence-corrected chi connectivity index (χ4v) is 0.217. The highest BCUT2D eigenvalue weighted by atomic mass is 16.3. The Morgan fingerprint density at radius 2 is 2.43 bits per heavy atom. The van der Waals surface area contributed by atoms with E-state index in [4.69, 9.17) is 12.0 Å². The molecule has 1 atom stereocenters. The van der Waals surface area contributed by atoms with Gasteiger partial charge in [-0.3, -0.25) is 0 Å². The SMILES string of the molecule is [CH][C@H](C=O)CCO. The molecule has 0 spiro atoms. The van der Waals surface area contributed by atoms with Crippen molar-refractivity contribution in [2.24, 2.45) is 5.92 Å². The Morgan fingerprint density at radius 3 is 2.57 bits per heavy atom. The van der Waals surface area contributed by atoms with Crippen LogP contribution >= 0.6 is 0 Å². The molecule has 0 heterocycles. The van der Waals surface area contributed by atoms with E-state index in [-0.39, 0.29) is 6.61 Å². The van der Waals surface area contributed by atoms with Crippen LogP contribution in [0.25, 0.3) is 0 Å². The third kappa shape index (κ3) is 3.46. The van der Waals surface area contributed by atoms with Gasteiger partial charge >= 0.3 is 0 Å². The average molecular weight is 100 g/mol. The normalized spacial score (nSPS) is 13.4. The number of carbonyl (C=O) groups excluding carboxylic acids is 1. The van der Waals surface area contributed by atoms with Gasteiger partial charge in [0.2, 0.25) is 0 Å². The molecule has 40 valence electrons. The van der Waals surface area contributed by atoms with Crippen LogP contribution in [-0.4, -0.2) is 18.0 Å². The summed E-state index contributed by atoms with van der Waals surface area (Å²) in [6.07, 6.45) is 0.986. The molecule has 0 amide bonds. The van der Waals surface area contributed by atoms with Crippen molar-refractivity contribution in [3.63, 3.8) is 0 Å². The minimum absolute atomic E-state index is 0.0140. The second-order valence-electron chi connectivity index (χ2n) is 1.31. The minimum atomic E-state index is -0.481. The van der Waals surface area contributed by atoms with E-state index in [1.165, 1.54) is 0 Å². The number of aldehydes is 1. The molecule has 2 nitrogen and oxygen atoms in total. The molecule has 0 aliphatic rings. The lowest BCUT2D eigenvalue weighted by atomic mass is 10.1. The molecule has 7 heavy (non-hydrogen) atoms. The second kappa shape index (κ2) is 3.81. The summed E-state index contributed by atoms with van der Waals surface area (Å²) in [7, 11) is 0. The quantitative estimate of drug-likeness (QED) is 0.502. The molecule has 0 aromatic carbocycles. The van der Waals surface area contributed by atoms with Crippen molar-refractivity contribution in [2.45, 2.75) is 6.42 Å². The van der Waals surface area contributed by atoms with Crippen LogP contribution in [-0.2, 0) is 4.79 Å². The lowest BCUT2D eigenvalue weighted by Gasteiger charge is -1.93. The Hall–Kier alpha value is -0.370. The van der Waals surface area contributed by atoms with Crippen molar-refractivity contribution < 1.29 is 9.90 Å². The summed E-state index contributed by atoms with van der Waals surface area (Å²) < 4.78 is 0. The molecule has 0 aliphatic heterocycles. The van der Waals surface area contributed by atoms with Crippen LogP contribution in [0.2, 0.25) is 0 Å². The van der Waals surface area contributed by atoms with Crippen molar-refractivity contribution in [1.82, 2.24) is 0 Å². The summed E-state index contributed by atoms with van der Waals surface area (Å²) in [6.45, 7) is 5.04. The first-order valence-electron chi connectivity index (χ1n) is 2.13. The third-order valence-electron chi connectivity index (χ3n) is 0.637. The Morgan fingerprint density at radius 1 is 1.86 bits per heavy atom. The van der Waals surface area contributed by atoms with E-state index >= 15 is 0 Å². The molecule has 2 heteroatoms. The van der Waals surface area contributed by atoms with Gasteiger partial charge in [0.05, 0.1) is 0 Å². The molecule has 0 saturated heterocycles. The molecular weight excluding hydrogens is 92.1 g/mol. The van der Waals surface area contributed by atoms with Crippen molar-refractivity contribution in [3.05, 3.63) is 6.92 Å². The fraction of sp³-hybridized carbons (Fsp3) is 0.600. The van der Waals surface area contributed by atoms with Crippen molar-refractivity contribution in [2.75, 3.05) is 6.61 Å². The van der Waals surface area contributed by atoms with Crippen molar-refractivity contribution in [3.8, 4) is 0 Å². The Bertz CT molecular complexity index is 52.0. The molecule has 0 aliphatic carbocycles. The van der Waals surface area contributed by atoms with Gasteiger partial charge in [0.15, 0.2) is 0 Å². The molecule has 0 fully saturated rings. The van der Waals surface area contributed by atoms with Crippen LogP contribution in [0.5, 0.6) is 0 Å². The van der Waals surface area contributed by atoms with E-state index in [9.17, 15) is 4.79 Å². The van der Waals surface area contributed by atoms with Gasteiger partial charge in [-0.05, 0) is 13.3 Å². The summed E-state index contributed by atoms with van der Waals surface area (Å²) in [5.41, 5.74) is 0. The van der Waals surface area contributed by atoms with E-state index in [1.54, 1.807) is 0 Å². The first-order valence-corrected chi connectivity index (χ1v) is 2.13. The smallest absolute Gasteiger partial charge is 0.123 e. The Labute approximate surface area is 43.2 Å². The van der Waals surface area contributed by atoms with Gasteiger partial charge in [0, 0.05) is 12.5 Å². The van der Waals surface area contributed by atoms with Gasteiger partial charge < -0.3 is 9.90 Å². The molecule has 0 bridgehead atoms. The van der Waals surface area contributed by atoms with Crippen LogP contribution in [0, 0.1) is 12.8 Å². The van der Waals surface area contributed by atoms with Gasteiger partial charge in [-0.15, -0.1) is 0 Å². The molecule has 0 rings (SSSR count). The lowest BCUT2D eigenvalue weighted by molar-refractivity contribution is -0.110. The van der Waals surface area contributed by atoms with Crippen LogP contribution in [0.3, 0.4) is 0 Å². The van der Waals surface area contributed by atoms with E-state index in [1.807, 2.05) is 0 Å². The summed E-state index contributed by atoms with van der Waals surface area (Å²) in [5.74, 6) is -0.481. The summed E-state index contributed by atoms with van der Waals surface area (Å²) in [6, 6.07) is 0. The second-order valence-corrected chi connectivity index (χ2v) is 1.31. The highest BCUT2D eigenvalue weighted by molar-refractivity contribution is 5.54. The molecule has 0 unspecified atom stereocenters. The van der Waals surface area contributed by atoms with Gasteiger partial charge in [0.25, 0.3) is 0 Å². The Balaban J connectivity index is 2.98.